The first-order valence-corrected chi connectivity index (χ1v) is 13.1. The second-order valence-electron chi connectivity index (χ2n) is 7.51. The first kappa shape index (κ1) is 23.9. The molecule has 1 aromatic heterocycles. The van der Waals surface area contributed by atoms with E-state index in [-0.39, 0.29) is 22.9 Å². The lowest BCUT2D eigenvalue weighted by molar-refractivity contribution is -0.113. The third kappa shape index (κ3) is 6.39. The molecule has 0 saturated carbocycles. The number of rotatable bonds is 7. The Kier molecular flexibility index (Phi) is 8.03. The Morgan fingerprint density at radius 3 is 2.50 bits per heavy atom. The largest absolute Gasteiger partial charge is 0.450 e. The van der Waals surface area contributed by atoms with E-state index in [1.54, 1.807) is 37.3 Å². The van der Waals surface area contributed by atoms with Gasteiger partial charge in [0.15, 0.2) is 9.84 Å². The number of hydrogen-bond donors (Lipinski definition) is 2. The van der Waals surface area contributed by atoms with Gasteiger partial charge in [-0.3, -0.25) is 14.9 Å². The molecule has 2 N–H and O–H groups in total. The molecule has 0 saturated heterocycles. The van der Waals surface area contributed by atoms with E-state index in [9.17, 15) is 22.8 Å². The summed E-state index contributed by atoms with van der Waals surface area (Å²) in [6.45, 7) is 1.74. The third-order valence-electron chi connectivity index (χ3n) is 4.97. The predicted molar refractivity (Wildman–Crippen MR) is 123 cm³/mol. The Morgan fingerprint density at radius 1 is 1.06 bits per heavy atom. The van der Waals surface area contributed by atoms with Crippen LogP contribution in [0.1, 0.15) is 52.5 Å². The van der Waals surface area contributed by atoms with Crippen molar-refractivity contribution in [2.75, 3.05) is 17.7 Å². The maximum atomic E-state index is 12.8. The summed E-state index contributed by atoms with van der Waals surface area (Å²) in [6.07, 6.45) is 3.43. The van der Waals surface area contributed by atoms with Gasteiger partial charge in [-0.2, -0.15) is 0 Å². The van der Waals surface area contributed by atoms with Crippen LogP contribution in [0.2, 0.25) is 0 Å². The number of nitrogens with one attached hydrogen (secondary N) is 2. The van der Waals surface area contributed by atoms with Crippen LogP contribution < -0.4 is 10.6 Å². The fourth-order valence-electron chi connectivity index (χ4n) is 3.63. The van der Waals surface area contributed by atoms with Crippen LogP contribution >= 0.6 is 11.3 Å². The molecule has 0 bridgehead atoms. The fraction of sp³-hybridized carbons (Fsp3) is 0.409. The van der Waals surface area contributed by atoms with Crippen LogP contribution in [-0.4, -0.2) is 38.7 Å². The van der Waals surface area contributed by atoms with Crippen LogP contribution in [0.3, 0.4) is 0 Å². The summed E-state index contributed by atoms with van der Waals surface area (Å²) in [7, 11) is -3.70. The lowest BCUT2D eigenvalue weighted by atomic mass is 10.0. The second kappa shape index (κ2) is 10.7. The molecule has 2 aromatic rings. The summed E-state index contributed by atoms with van der Waals surface area (Å²) < 4.78 is 29.7. The molecule has 0 spiro atoms. The van der Waals surface area contributed by atoms with Crippen LogP contribution in [0.5, 0.6) is 0 Å². The van der Waals surface area contributed by atoms with E-state index >= 15 is 0 Å². The highest BCUT2D eigenvalue weighted by Gasteiger charge is 2.28. The number of carbonyl (C=O) groups is 3. The average Bonchev–Trinajstić information content (AvgIpc) is 2.88. The van der Waals surface area contributed by atoms with Gasteiger partial charge in [-0.15, -0.1) is 11.3 Å². The monoisotopic (exact) mass is 478 g/mol. The van der Waals surface area contributed by atoms with Crippen LogP contribution in [0.25, 0.3) is 0 Å². The van der Waals surface area contributed by atoms with Gasteiger partial charge in [0.25, 0.3) is 5.91 Å². The predicted octanol–water partition coefficient (Wildman–Crippen LogP) is 3.46. The van der Waals surface area contributed by atoms with Crippen LogP contribution in [0.15, 0.2) is 30.3 Å². The number of carbonyl (C=O) groups excluding carboxylic acids is 3. The zero-order valence-electron chi connectivity index (χ0n) is 17.8. The minimum absolute atomic E-state index is 0.115. The normalized spacial score (nSPS) is 13.5. The quantitative estimate of drug-likeness (QED) is 0.589. The van der Waals surface area contributed by atoms with Crippen molar-refractivity contribution < 1.29 is 27.5 Å². The molecule has 0 unspecified atom stereocenters. The number of alkyl carbamates (subject to hydrolysis) is 1. The molecule has 3 rings (SSSR count). The Labute approximate surface area is 191 Å². The maximum absolute atomic E-state index is 12.8. The summed E-state index contributed by atoms with van der Waals surface area (Å²) >= 11 is 1.26. The van der Waals surface area contributed by atoms with Crippen molar-refractivity contribution in [1.82, 2.24) is 5.32 Å². The number of benzene rings is 1. The molecule has 8 nitrogen and oxygen atoms in total. The van der Waals surface area contributed by atoms with E-state index in [0.29, 0.717) is 12.0 Å². The molecule has 0 atom stereocenters. The summed E-state index contributed by atoms with van der Waals surface area (Å²) in [6, 6.07) is 8.62. The van der Waals surface area contributed by atoms with Gasteiger partial charge in [-0.25, -0.2) is 13.2 Å². The Morgan fingerprint density at radius 2 is 1.78 bits per heavy atom. The van der Waals surface area contributed by atoms with Gasteiger partial charge in [-0.05, 0) is 43.7 Å². The van der Waals surface area contributed by atoms with Crippen LogP contribution in [0, 0.1) is 0 Å². The van der Waals surface area contributed by atoms with Crippen LogP contribution in [-0.2, 0) is 38.0 Å². The Bertz CT molecular complexity index is 1090. The number of sulfone groups is 1. The van der Waals surface area contributed by atoms with E-state index in [2.05, 4.69) is 10.6 Å². The number of thiophene rings is 1. The standard InChI is InChI=1S/C22H26N2O6S2/c1-2-30-22(27)24-20(26)19-16-11-7-4-8-12-17(16)31-21(19)23-18(25)14-32(28,29)13-15-9-5-3-6-10-15/h3,5-6,9-10H,2,4,7-8,11-14H2,1H3,(H,23,25)(H,24,26,27). The van der Waals surface area contributed by atoms with Gasteiger partial charge in [-0.1, -0.05) is 36.8 Å². The molecule has 3 amide bonds. The van der Waals surface area contributed by atoms with Crippen LogP contribution in [0.4, 0.5) is 9.80 Å². The summed E-state index contributed by atoms with van der Waals surface area (Å²) in [4.78, 5) is 38.2. The van der Waals surface area contributed by atoms with Gasteiger partial charge in [0.05, 0.1) is 17.9 Å². The van der Waals surface area contributed by atoms with E-state index in [1.165, 1.54) is 11.3 Å². The number of amides is 3. The SMILES string of the molecule is CCOC(=O)NC(=O)c1c(NC(=O)CS(=O)(=O)Cc2ccccc2)sc2c1CCCCC2. The fourth-order valence-corrected chi connectivity index (χ4v) is 6.21. The van der Waals surface area contributed by atoms with Gasteiger partial charge >= 0.3 is 6.09 Å². The molecular weight excluding hydrogens is 452 g/mol. The highest BCUT2D eigenvalue weighted by Crippen LogP contribution is 2.37. The van der Waals surface area contributed by atoms with E-state index in [1.807, 2.05) is 0 Å². The van der Waals surface area contributed by atoms with Crippen molar-refractivity contribution in [3.63, 3.8) is 0 Å². The summed E-state index contributed by atoms with van der Waals surface area (Å²) in [5.41, 5.74) is 1.61. The number of ether oxygens (including phenoxy) is 1. The van der Waals surface area contributed by atoms with Gasteiger partial charge < -0.3 is 10.1 Å². The highest BCUT2D eigenvalue weighted by molar-refractivity contribution is 7.91. The molecule has 0 aliphatic heterocycles. The van der Waals surface area contributed by atoms with Gasteiger partial charge in [0, 0.05) is 4.88 Å². The second-order valence-corrected chi connectivity index (χ2v) is 10.7. The van der Waals surface area contributed by atoms with Crippen molar-refractivity contribution in [1.29, 1.82) is 0 Å². The molecular formula is C22H26N2O6S2. The third-order valence-corrected chi connectivity index (χ3v) is 7.66. The molecule has 0 fully saturated rings. The molecule has 1 aliphatic rings. The first-order chi connectivity index (χ1) is 15.3. The van der Waals surface area contributed by atoms with E-state index in [4.69, 9.17) is 4.74 Å². The van der Waals surface area contributed by atoms with Gasteiger partial charge in [0.2, 0.25) is 5.91 Å². The number of fused-ring (bicyclic) bond motifs is 1. The topological polar surface area (TPSA) is 119 Å². The molecule has 1 aliphatic carbocycles. The molecule has 1 heterocycles. The zero-order chi connectivity index (χ0) is 23.1. The smallest absolute Gasteiger partial charge is 0.414 e. The number of imide groups is 1. The number of hydrogen-bond acceptors (Lipinski definition) is 7. The summed E-state index contributed by atoms with van der Waals surface area (Å²) in [5, 5.41) is 5.05. The zero-order valence-corrected chi connectivity index (χ0v) is 19.4. The Hall–Kier alpha value is -2.72. The highest BCUT2D eigenvalue weighted by atomic mass is 32.2. The lowest BCUT2D eigenvalue weighted by Crippen LogP contribution is -2.32. The molecule has 172 valence electrons. The minimum Gasteiger partial charge on any atom is -0.450 e. The van der Waals surface area contributed by atoms with E-state index < -0.39 is 33.5 Å². The van der Waals surface area contributed by atoms with E-state index in [0.717, 1.165) is 36.1 Å². The Balaban J connectivity index is 1.79. The molecule has 0 radical (unpaired) electrons. The minimum atomic E-state index is -3.70. The average molecular weight is 479 g/mol. The molecule has 1 aromatic carbocycles. The lowest BCUT2D eigenvalue weighted by Gasteiger charge is -2.10. The number of anilines is 1. The number of aryl methyl sites for hydroxylation is 1. The van der Waals surface area contributed by atoms with Crippen molar-refractivity contribution in [3.8, 4) is 0 Å². The van der Waals surface area contributed by atoms with Crippen molar-refractivity contribution in [3.05, 3.63) is 51.9 Å². The first-order valence-electron chi connectivity index (χ1n) is 10.5. The van der Waals surface area contributed by atoms with Crippen molar-refractivity contribution in [2.24, 2.45) is 0 Å². The molecule has 32 heavy (non-hydrogen) atoms. The van der Waals surface area contributed by atoms with Gasteiger partial charge in [0.1, 0.15) is 10.8 Å². The maximum Gasteiger partial charge on any atom is 0.414 e. The van der Waals surface area contributed by atoms with Crippen molar-refractivity contribution in [2.45, 2.75) is 44.8 Å². The summed E-state index contributed by atoms with van der Waals surface area (Å²) in [5.74, 6) is -2.34. The van der Waals surface area contributed by atoms with Crippen molar-refractivity contribution >= 4 is 44.1 Å². The molecule has 10 heteroatoms.